The van der Waals surface area contributed by atoms with Crippen LogP contribution in [0.15, 0.2) is 16.6 Å². The number of benzene rings is 1. The van der Waals surface area contributed by atoms with Gasteiger partial charge in [0.2, 0.25) is 0 Å². The van der Waals surface area contributed by atoms with E-state index in [-0.39, 0.29) is 16.5 Å². The van der Waals surface area contributed by atoms with E-state index < -0.39 is 11.6 Å². The summed E-state index contributed by atoms with van der Waals surface area (Å²) >= 11 is 2.84. The predicted molar refractivity (Wildman–Crippen MR) is 43.4 cm³/mol. The molecule has 0 bridgehead atoms. The van der Waals surface area contributed by atoms with Crippen LogP contribution in [-0.2, 0) is 6.42 Å². The molecule has 1 rings (SSSR count). The normalized spacial score (nSPS) is 9.50. The Morgan fingerprint density at radius 3 is 2.67 bits per heavy atom. The lowest BCUT2D eigenvalue weighted by Crippen LogP contribution is -1.91. The van der Waals surface area contributed by atoms with E-state index >= 15 is 0 Å². The van der Waals surface area contributed by atoms with Gasteiger partial charge in [-0.1, -0.05) is 0 Å². The SMILES string of the molecule is N#CCc1cc(F)cc(Br)c1F. The molecule has 0 saturated carbocycles. The Labute approximate surface area is 76.8 Å². The van der Waals surface area contributed by atoms with Crippen LogP contribution in [0.3, 0.4) is 0 Å². The van der Waals surface area contributed by atoms with Crippen molar-refractivity contribution in [2.24, 2.45) is 0 Å². The number of nitrogens with zero attached hydrogens (tertiary/aromatic N) is 1. The minimum absolute atomic E-state index is 0.0488. The van der Waals surface area contributed by atoms with Gasteiger partial charge in [0.05, 0.1) is 17.0 Å². The Bertz CT molecular complexity index is 344. The molecule has 0 heterocycles. The molecule has 0 atom stereocenters. The summed E-state index contributed by atoms with van der Waals surface area (Å²) in [5.74, 6) is -1.12. The fourth-order valence-corrected chi connectivity index (χ4v) is 1.30. The Morgan fingerprint density at radius 1 is 1.42 bits per heavy atom. The third-order valence-electron chi connectivity index (χ3n) is 1.34. The summed E-state index contributed by atoms with van der Waals surface area (Å²) in [6.07, 6.45) is -0.123. The number of hydrogen-bond acceptors (Lipinski definition) is 1. The molecule has 0 aliphatic carbocycles. The second-order valence-corrected chi connectivity index (χ2v) is 3.05. The molecule has 0 radical (unpaired) electrons. The molecule has 0 fully saturated rings. The molecule has 1 aromatic rings. The Hall–Kier alpha value is -0.950. The van der Waals surface area contributed by atoms with E-state index in [0.717, 1.165) is 12.1 Å². The fraction of sp³-hybridized carbons (Fsp3) is 0.125. The van der Waals surface area contributed by atoms with Gasteiger partial charge in [-0.3, -0.25) is 0 Å². The molecular weight excluding hydrogens is 228 g/mol. The van der Waals surface area contributed by atoms with Crippen molar-refractivity contribution in [3.63, 3.8) is 0 Å². The van der Waals surface area contributed by atoms with Crippen molar-refractivity contribution in [1.82, 2.24) is 0 Å². The first-order chi connectivity index (χ1) is 5.65. The van der Waals surface area contributed by atoms with E-state index in [9.17, 15) is 8.78 Å². The summed E-state index contributed by atoms with van der Waals surface area (Å²) in [5, 5.41) is 8.27. The highest BCUT2D eigenvalue weighted by Gasteiger charge is 2.07. The highest BCUT2D eigenvalue weighted by molar-refractivity contribution is 9.10. The lowest BCUT2D eigenvalue weighted by molar-refractivity contribution is 0.583. The standard InChI is InChI=1S/C8H4BrF2N/c9-7-4-6(10)3-5(1-2-12)8(7)11/h3-4H,1H2. The Balaban J connectivity index is 3.20. The topological polar surface area (TPSA) is 23.8 Å². The highest BCUT2D eigenvalue weighted by atomic mass is 79.9. The van der Waals surface area contributed by atoms with Gasteiger partial charge in [-0.2, -0.15) is 5.26 Å². The molecule has 4 heteroatoms. The minimum atomic E-state index is -0.571. The molecule has 1 aromatic carbocycles. The van der Waals surface area contributed by atoms with Crippen LogP contribution in [0.1, 0.15) is 5.56 Å². The van der Waals surface area contributed by atoms with Gasteiger partial charge in [0.1, 0.15) is 11.6 Å². The summed E-state index contributed by atoms with van der Waals surface area (Å²) in [7, 11) is 0. The van der Waals surface area contributed by atoms with Crippen LogP contribution in [0.25, 0.3) is 0 Å². The molecule has 0 aromatic heterocycles. The number of nitriles is 1. The first-order valence-corrected chi connectivity index (χ1v) is 3.95. The van der Waals surface area contributed by atoms with Gasteiger partial charge in [-0.25, -0.2) is 8.78 Å². The number of halogens is 3. The summed E-state index contributed by atoms with van der Waals surface area (Å²) in [4.78, 5) is 0. The summed E-state index contributed by atoms with van der Waals surface area (Å²) in [6.45, 7) is 0. The second-order valence-electron chi connectivity index (χ2n) is 2.20. The van der Waals surface area contributed by atoms with E-state index in [1.165, 1.54) is 0 Å². The van der Waals surface area contributed by atoms with Crippen molar-refractivity contribution in [3.05, 3.63) is 33.8 Å². The van der Waals surface area contributed by atoms with Crippen LogP contribution < -0.4 is 0 Å². The zero-order valence-electron chi connectivity index (χ0n) is 5.94. The zero-order chi connectivity index (χ0) is 9.14. The number of rotatable bonds is 1. The molecule has 0 aliphatic heterocycles. The van der Waals surface area contributed by atoms with Crippen LogP contribution in [0, 0.1) is 23.0 Å². The van der Waals surface area contributed by atoms with Crippen LogP contribution in [0.4, 0.5) is 8.78 Å². The van der Waals surface area contributed by atoms with E-state index in [0.29, 0.717) is 0 Å². The second kappa shape index (κ2) is 3.63. The molecule has 12 heavy (non-hydrogen) atoms. The third-order valence-corrected chi connectivity index (χ3v) is 1.91. The third kappa shape index (κ3) is 1.80. The van der Waals surface area contributed by atoms with Gasteiger partial charge in [0, 0.05) is 5.56 Å². The molecule has 0 N–H and O–H groups in total. The molecular formula is C8H4BrF2N. The van der Waals surface area contributed by atoms with Crippen molar-refractivity contribution >= 4 is 15.9 Å². The fourth-order valence-electron chi connectivity index (χ4n) is 0.823. The van der Waals surface area contributed by atoms with Crippen LogP contribution >= 0.6 is 15.9 Å². The largest absolute Gasteiger partial charge is 0.207 e. The monoisotopic (exact) mass is 231 g/mol. The first-order valence-electron chi connectivity index (χ1n) is 3.15. The maximum atomic E-state index is 13.0. The molecule has 0 amide bonds. The highest BCUT2D eigenvalue weighted by Crippen LogP contribution is 2.20. The van der Waals surface area contributed by atoms with E-state index in [2.05, 4.69) is 15.9 Å². The predicted octanol–water partition coefficient (Wildman–Crippen LogP) is 2.79. The van der Waals surface area contributed by atoms with Crippen molar-refractivity contribution in [2.45, 2.75) is 6.42 Å². The molecule has 0 aliphatic rings. The van der Waals surface area contributed by atoms with Crippen LogP contribution in [0.5, 0.6) is 0 Å². The number of hydrogen-bond donors (Lipinski definition) is 0. The smallest absolute Gasteiger partial charge is 0.141 e. The van der Waals surface area contributed by atoms with Crippen molar-refractivity contribution in [2.75, 3.05) is 0 Å². The lowest BCUT2D eigenvalue weighted by Gasteiger charge is -1.99. The maximum Gasteiger partial charge on any atom is 0.141 e. The van der Waals surface area contributed by atoms with Gasteiger partial charge < -0.3 is 0 Å². The van der Waals surface area contributed by atoms with Gasteiger partial charge >= 0.3 is 0 Å². The molecule has 62 valence electrons. The van der Waals surface area contributed by atoms with E-state index in [1.807, 2.05) is 0 Å². The summed E-state index contributed by atoms with van der Waals surface area (Å²) in [6, 6.07) is 3.79. The maximum absolute atomic E-state index is 13.0. The first kappa shape index (κ1) is 9.14. The minimum Gasteiger partial charge on any atom is -0.207 e. The summed E-state index contributed by atoms with van der Waals surface area (Å²) < 4.78 is 25.7. The van der Waals surface area contributed by atoms with E-state index in [4.69, 9.17) is 5.26 Å². The average Bonchev–Trinajstić information content (AvgIpc) is 2.00. The van der Waals surface area contributed by atoms with Gasteiger partial charge in [-0.05, 0) is 28.1 Å². The van der Waals surface area contributed by atoms with Crippen molar-refractivity contribution in [1.29, 1.82) is 5.26 Å². The molecule has 0 spiro atoms. The summed E-state index contributed by atoms with van der Waals surface area (Å²) in [5.41, 5.74) is 0.0735. The Kier molecular flexibility index (Phi) is 2.77. The quantitative estimate of drug-likeness (QED) is 0.683. The average molecular weight is 232 g/mol. The van der Waals surface area contributed by atoms with E-state index in [1.54, 1.807) is 6.07 Å². The van der Waals surface area contributed by atoms with Gasteiger partial charge in [0.25, 0.3) is 0 Å². The van der Waals surface area contributed by atoms with Crippen molar-refractivity contribution < 1.29 is 8.78 Å². The van der Waals surface area contributed by atoms with Gasteiger partial charge in [-0.15, -0.1) is 0 Å². The lowest BCUT2D eigenvalue weighted by atomic mass is 10.1. The molecule has 1 nitrogen and oxygen atoms in total. The van der Waals surface area contributed by atoms with Gasteiger partial charge in [0.15, 0.2) is 0 Å². The molecule has 0 unspecified atom stereocenters. The zero-order valence-corrected chi connectivity index (χ0v) is 7.53. The van der Waals surface area contributed by atoms with Crippen molar-refractivity contribution in [3.8, 4) is 6.07 Å². The van der Waals surface area contributed by atoms with Crippen LogP contribution in [-0.4, -0.2) is 0 Å². The molecule has 0 saturated heterocycles. The Morgan fingerprint density at radius 2 is 2.08 bits per heavy atom. The van der Waals surface area contributed by atoms with Crippen LogP contribution in [0.2, 0.25) is 0 Å².